The Morgan fingerprint density at radius 2 is 1.75 bits per heavy atom. The van der Waals surface area contributed by atoms with Crippen LogP contribution in [0.3, 0.4) is 0 Å². The molecule has 0 saturated heterocycles. The van der Waals surface area contributed by atoms with E-state index < -0.39 is 8.07 Å². The lowest BCUT2D eigenvalue weighted by molar-refractivity contribution is 0.0980. The second kappa shape index (κ2) is 6.90. The highest BCUT2D eigenvalue weighted by Gasteiger charge is 2.33. The van der Waals surface area contributed by atoms with Gasteiger partial charge in [0.05, 0.1) is 0 Å². The first-order chi connectivity index (χ1) is 9.24. The Morgan fingerprint density at radius 1 is 1.15 bits per heavy atom. The van der Waals surface area contributed by atoms with E-state index in [0.717, 1.165) is 18.4 Å². The number of carbonyl (C=O) groups excluding carboxylic acids is 1. The van der Waals surface area contributed by atoms with Crippen molar-refractivity contribution in [3.05, 3.63) is 35.9 Å². The van der Waals surface area contributed by atoms with Gasteiger partial charge in [0.25, 0.3) is 0 Å². The predicted molar refractivity (Wildman–Crippen MR) is 89.6 cm³/mol. The van der Waals surface area contributed by atoms with Crippen molar-refractivity contribution in [1.82, 2.24) is 0 Å². The molecule has 0 heterocycles. The van der Waals surface area contributed by atoms with Crippen LogP contribution in [0.15, 0.2) is 30.3 Å². The Bertz CT molecular complexity index is 498. The van der Waals surface area contributed by atoms with Gasteiger partial charge in [-0.05, 0) is 11.5 Å². The zero-order chi connectivity index (χ0) is 15.2. The average Bonchev–Trinajstić information content (AvgIpc) is 2.37. The minimum atomic E-state index is -1.49. The molecule has 20 heavy (non-hydrogen) atoms. The van der Waals surface area contributed by atoms with E-state index in [4.69, 9.17) is 0 Å². The highest BCUT2D eigenvalue weighted by molar-refractivity contribution is 6.87. The summed E-state index contributed by atoms with van der Waals surface area (Å²) >= 11 is 0. The van der Waals surface area contributed by atoms with Crippen LogP contribution in [-0.4, -0.2) is 13.9 Å². The zero-order valence-corrected chi connectivity index (χ0v) is 14.4. The second-order valence-electron chi connectivity index (χ2n) is 6.82. The van der Waals surface area contributed by atoms with Gasteiger partial charge in [0.15, 0.2) is 5.78 Å². The topological polar surface area (TPSA) is 17.1 Å². The molecule has 0 unspecified atom stereocenters. The molecule has 0 aliphatic carbocycles. The molecule has 0 N–H and O–H groups in total. The number of benzene rings is 1. The van der Waals surface area contributed by atoms with E-state index in [1.54, 1.807) is 0 Å². The smallest absolute Gasteiger partial charge is 0.162 e. The largest absolute Gasteiger partial charge is 0.294 e. The van der Waals surface area contributed by atoms with Crippen LogP contribution in [-0.2, 0) is 0 Å². The molecule has 0 aliphatic heterocycles. The third kappa shape index (κ3) is 4.98. The first-order valence-corrected chi connectivity index (χ1v) is 10.3. The van der Waals surface area contributed by atoms with E-state index in [1.165, 1.54) is 0 Å². The summed E-state index contributed by atoms with van der Waals surface area (Å²) in [6, 6.07) is 9.50. The van der Waals surface area contributed by atoms with Crippen molar-refractivity contribution < 1.29 is 4.79 Å². The fraction of sp³-hybridized carbons (Fsp3) is 0.500. The Morgan fingerprint density at radius 3 is 2.30 bits per heavy atom. The van der Waals surface area contributed by atoms with Gasteiger partial charge in [-0.15, -0.1) is 11.5 Å². The normalized spacial score (nSPS) is 11.7. The molecule has 1 nitrogen and oxygen atoms in total. The summed E-state index contributed by atoms with van der Waals surface area (Å²) in [6.07, 6.45) is 2.27. The minimum Gasteiger partial charge on any atom is -0.294 e. The highest BCUT2D eigenvalue weighted by atomic mass is 28.3. The number of hydrogen-bond donors (Lipinski definition) is 0. The summed E-state index contributed by atoms with van der Waals surface area (Å²) < 4.78 is 0. The predicted octanol–water partition coefficient (Wildman–Crippen LogP) is 5.09. The van der Waals surface area contributed by atoms with E-state index in [-0.39, 0.29) is 5.78 Å². The van der Waals surface area contributed by atoms with Gasteiger partial charge in [-0.1, -0.05) is 64.2 Å². The highest BCUT2D eigenvalue weighted by Crippen LogP contribution is 2.35. The van der Waals surface area contributed by atoms with Gasteiger partial charge in [0.2, 0.25) is 0 Å². The van der Waals surface area contributed by atoms with Gasteiger partial charge in [-0.2, -0.15) is 0 Å². The molecule has 108 valence electrons. The van der Waals surface area contributed by atoms with Crippen LogP contribution >= 0.6 is 0 Å². The molecule has 2 heteroatoms. The van der Waals surface area contributed by atoms with Gasteiger partial charge in [0.1, 0.15) is 8.07 Å². The molecular weight excluding hydrogens is 260 g/mol. The summed E-state index contributed by atoms with van der Waals surface area (Å²) in [6.45, 7) is 11.4. The summed E-state index contributed by atoms with van der Waals surface area (Å²) in [5.74, 6) is 3.52. The van der Waals surface area contributed by atoms with Crippen molar-refractivity contribution in [2.24, 2.45) is 0 Å². The first-order valence-electron chi connectivity index (χ1n) is 7.32. The lowest BCUT2D eigenvalue weighted by Crippen LogP contribution is -2.35. The second-order valence-corrected chi connectivity index (χ2v) is 11.8. The van der Waals surface area contributed by atoms with Crippen molar-refractivity contribution in [2.45, 2.75) is 58.2 Å². The molecule has 0 saturated carbocycles. The number of unbranched alkanes of at least 4 members (excludes halogenated alkanes) is 1. The van der Waals surface area contributed by atoms with Crippen molar-refractivity contribution in [1.29, 1.82) is 0 Å². The van der Waals surface area contributed by atoms with Crippen LogP contribution in [0.1, 0.15) is 50.4 Å². The molecular formula is C18H26OSi. The maximum absolute atomic E-state index is 11.9. The Balaban J connectivity index is 2.42. The molecule has 0 atom stereocenters. The fourth-order valence-electron chi connectivity index (χ4n) is 1.58. The van der Waals surface area contributed by atoms with E-state index in [1.807, 2.05) is 30.3 Å². The van der Waals surface area contributed by atoms with Crippen LogP contribution in [0, 0.1) is 11.5 Å². The third-order valence-corrected chi connectivity index (χ3v) is 8.63. The standard InChI is InChI=1S/C18H26OSi/c1-18(2,3)20(4,5)15-11-7-10-14-17(19)16-12-8-6-9-13-16/h6,8-9,12-13H,7,10,14H2,1-5H3. The van der Waals surface area contributed by atoms with Gasteiger partial charge in [0, 0.05) is 18.4 Å². The molecule has 1 aromatic rings. The Hall–Kier alpha value is -1.33. The molecule has 0 radical (unpaired) electrons. The Kier molecular flexibility index (Phi) is 5.77. The van der Waals surface area contributed by atoms with Gasteiger partial charge in [-0.25, -0.2) is 0 Å². The van der Waals surface area contributed by atoms with Gasteiger partial charge >= 0.3 is 0 Å². The molecule has 0 amide bonds. The van der Waals surface area contributed by atoms with Gasteiger partial charge in [-0.3, -0.25) is 4.79 Å². The lowest BCUT2D eigenvalue weighted by atomic mass is 10.1. The molecule has 0 aliphatic rings. The maximum Gasteiger partial charge on any atom is 0.162 e. The monoisotopic (exact) mass is 286 g/mol. The van der Waals surface area contributed by atoms with Crippen LogP contribution < -0.4 is 0 Å². The van der Waals surface area contributed by atoms with Crippen LogP contribution in [0.2, 0.25) is 18.1 Å². The number of rotatable bonds is 4. The third-order valence-electron chi connectivity index (χ3n) is 4.08. The van der Waals surface area contributed by atoms with Crippen LogP contribution in [0.5, 0.6) is 0 Å². The number of hydrogen-bond acceptors (Lipinski definition) is 1. The van der Waals surface area contributed by atoms with Crippen molar-refractivity contribution >= 4 is 13.9 Å². The number of carbonyl (C=O) groups is 1. The van der Waals surface area contributed by atoms with E-state index >= 15 is 0 Å². The van der Waals surface area contributed by atoms with Crippen LogP contribution in [0.25, 0.3) is 0 Å². The average molecular weight is 286 g/mol. The summed E-state index contributed by atoms with van der Waals surface area (Å²) in [4.78, 5) is 11.9. The summed E-state index contributed by atoms with van der Waals surface area (Å²) in [5.41, 5.74) is 4.30. The minimum absolute atomic E-state index is 0.222. The summed E-state index contributed by atoms with van der Waals surface area (Å²) in [5, 5.41) is 0.305. The summed E-state index contributed by atoms with van der Waals surface area (Å²) in [7, 11) is -1.49. The first kappa shape index (κ1) is 16.7. The van der Waals surface area contributed by atoms with Crippen molar-refractivity contribution in [3.63, 3.8) is 0 Å². The number of ketones is 1. The Labute approximate surface area is 124 Å². The number of Topliss-reactive ketones (excluding diaryl/α,β-unsaturated/α-hetero) is 1. The maximum atomic E-state index is 11.9. The molecule has 0 spiro atoms. The molecule has 0 aromatic heterocycles. The molecule has 1 aromatic carbocycles. The van der Waals surface area contributed by atoms with Crippen molar-refractivity contribution in [3.8, 4) is 11.5 Å². The molecule has 0 bridgehead atoms. The SMILES string of the molecule is CC(C)(C)[Si](C)(C)C#CCCCC(=O)c1ccccc1. The van der Waals surface area contributed by atoms with E-state index in [2.05, 4.69) is 45.3 Å². The van der Waals surface area contributed by atoms with E-state index in [0.29, 0.717) is 11.5 Å². The van der Waals surface area contributed by atoms with Gasteiger partial charge < -0.3 is 0 Å². The van der Waals surface area contributed by atoms with Crippen LogP contribution in [0.4, 0.5) is 0 Å². The molecule has 1 rings (SSSR count). The lowest BCUT2D eigenvalue weighted by Gasteiger charge is -2.31. The fourth-order valence-corrected chi connectivity index (χ4v) is 2.52. The van der Waals surface area contributed by atoms with E-state index in [9.17, 15) is 4.79 Å². The zero-order valence-electron chi connectivity index (χ0n) is 13.4. The van der Waals surface area contributed by atoms with Crippen molar-refractivity contribution in [2.75, 3.05) is 0 Å². The molecule has 0 fully saturated rings. The quantitative estimate of drug-likeness (QED) is 0.326.